The SMILES string of the molecule is COc1ccc(N)c(SC/C=C/C(=O)O)c1. The van der Waals surface area contributed by atoms with E-state index >= 15 is 0 Å². The molecule has 1 aromatic carbocycles. The molecule has 0 unspecified atom stereocenters. The predicted molar refractivity (Wildman–Crippen MR) is 64.9 cm³/mol. The molecule has 0 fully saturated rings. The monoisotopic (exact) mass is 239 g/mol. The van der Waals surface area contributed by atoms with Gasteiger partial charge in [0.2, 0.25) is 0 Å². The molecular formula is C11H13NO3S. The second-order valence-corrected chi connectivity index (χ2v) is 4.02. The van der Waals surface area contributed by atoms with Gasteiger partial charge in [0.05, 0.1) is 7.11 Å². The van der Waals surface area contributed by atoms with Gasteiger partial charge in [-0.15, -0.1) is 11.8 Å². The summed E-state index contributed by atoms with van der Waals surface area (Å²) in [6.07, 6.45) is 2.69. The summed E-state index contributed by atoms with van der Waals surface area (Å²) >= 11 is 1.46. The van der Waals surface area contributed by atoms with E-state index in [1.165, 1.54) is 11.8 Å². The number of thioether (sulfide) groups is 1. The molecule has 0 saturated carbocycles. The van der Waals surface area contributed by atoms with E-state index in [2.05, 4.69) is 0 Å². The van der Waals surface area contributed by atoms with Gasteiger partial charge in [-0.3, -0.25) is 0 Å². The Kier molecular flexibility index (Phi) is 4.72. The van der Waals surface area contributed by atoms with Crippen molar-refractivity contribution in [1.82, 2.24) is 0 Å². The lowest BCUT2D eigenvalue weighted by Gasteiger charge is -2.06. The Bertz CT molecular complexity index is 404. The van der Waals surface area contributed by atoms with Crippen LogP contribution in [0.3, 0.4) is 0 Å². The fourth-order valence-electron chi connectivity index (χ4n) is 1.05. The van der Waals surface area contributed by atoms with Gasteiger partial charge in [-0.2, -0.15) is 0 Å². The lowest BCUT2D eigenvalue weighted by molar-refractivity contribution is -0.131. The molecule has 16 heavy (non-hydrogen) atoms. The number of nitrogens with two attached hydrogens (primary N) is 1. The van der Waals surface area contributed by atoms with Crippen molar-refractivity contribution in [3.63, 3.8) is 0 Å². The summed E-state index contributed by atoms with van der Waals surface area (Å²) in [6, 6.07) is 5.38. The van der Waals surface area contributed by atoms with Crippen LogP contribution in [-0.4, -0.2) is 23.9 Å². The maximum Gasteiger partial charge on any atom is 0.328 e. The highest BCUT2D eigenvalue weighted by molar-refractivity contribution is 7.99. The largest absolute Gasteiger partial charge is 0.497 e. The van der Waals surface area contributed by atoms with Crippen molar-refractivity contribution >= 4 is 23.4 Å². The van der Waals surface area contributed by atoms with Crippen LogP contribution < -0.4 is 10.5 Å². The van der Waals surface area contributed by atoms with Crippen LogP contribution in [0.15, 0.2) is 35.2 Å². The summed E-state index contributed by atoms with van der Waals surface area (Å²) in [5, 5.41) is 8.41. The quantitative estimate of drug-likeness (QED) is 0.467. The Morgan fingerprint density at radius 2 is 2.38 bits per heavy atom. The lowest BCUT2D eigenvalue weighted by Crippen LogP contribution is -1.91. The van der Waals surface area contributed by atoms with Gasteiger partial charge >= 0.3 is 5.97 Å². The molecule has 86 valence electrons. The Balaban J connectivity index is 2.62. The molecule has 1 rings (SSSR count). The molecule has 1 aromatic rings. The number of carboxylic acids is 1. The van der Waals surface area contributed by atoms with Crippen LogP contribution in [0.25, 0.3) is 0 Å². The highest BCUT2D eigenvalue weighted by Gasteiger charge is 2.01. The Morgan fingerprint density at radius 1 is 1.62 bits per heavy atom. The molecule has 4 nitrogen and oxygen atoms in total. The van der Waals surface area contributed by atoms with Gasteiger partial charge in [0.25, 0.3) is 0 Å². The minimum absolute atomic E-state index is 0.559. The van der Waals surface area contributed by atoms with Gasteiger partial charge < -0.3 is 15.6 Å². The average molecular weight is 239 g/mol. The summed E-state index contributed by atoms with van der Waals surface area (Å²) in [7, 11) is 1.59. The van der Waals surface area contributed by atoms with Crippen molar-refractivity contribution in [3.8, 4) is 5.75 Å². The molecule has 0 saturated heterocycles. The van der Waals surface area contributed by atoms with Gasteiger partial charge in [-0.25, -0.2) is 4.79 Å². The zero-order valence-electron chi connectivity index (χ0n) is 8.84. The van der Waals surface area contributed by atoms with Crippen molar-refractivity contribution in [2.75, 3.05) is 18.6 Å². The van der Waals surface area contributed by atoms with Crippen LogP contribution in [0.2, 0.25) is 0 Å². The summed E-state index contributed by atoms with van der Waals surface area (Å²) < 4.78 is 5.07. The first-order chi connectivity index (χ1) is 7.63. The first-order valence-electron chi connectivity index (χ1n) is 4.59. The van der Waals surface area contributed by atoms with E-state index in [0.717, 1.165) is 16.7 Å². The fraction of sp³-hybridized carbons (Fsp3) is 0.182. The Hall–Kier alpha value is -1.62. The van der Waals surface area contributed by atoms with E-state index in [1.807, 2.05) is 6.07 Å². The van der Waals surface area contributed by atoms with Gasteiger partial charge in [-0.1, -0.05) is 6.08 Å². The number of benzene rings is 1. The van der Waals surface area contributed by atoms with Crippen molar-refractivity contribution in [1.29, 1.82) is 0 Å². The minimum Gasteiger partial charge on any atom is -0.497 e. The number of hydrogen-bond acceptors (Lipinski definition) is 4. The van der Waals surface area contributed by atoms with E-state index < -0.39 is 5.97 Å². The van der Waals surface area contributed by atoms with Crippen molar-refractivity contribution in [2.24, 2.45) is 0 Å². The summed E-state index contributed by atoms with van der Waals surface area (Å²) in [4.78, 5) is 11.1. The molecule has 0 aliphatic rings. The third-order valence-corrected chi connectivity index (χ3v) is 2.84. The molecule has 0 radical (unpaired) electrons. The number of hydrogen-bond donors (Lipinski definition) is 2. The van der Waals surface area contributed by atoms with Crippen LogP contribution in [0.5, 0.6) is 5.75 Å². The van der Waals surface area contributed by atoms with Gasteiger partial charge in [-0.05, 0) is 18.2 Å². The lowest BCUT2D eigenvalue weighted by atomic mass is 10.3. The highest BCUT2D eigenvalue weighted by Crippen LogP contribution is 2.28. The maximum absolute atomic E-state index is 10.2. The number of nitrogen functional groups attached to an aromatic ring is 1. The van der Waals surface area contributed by atoms with Crippen LogP contribution in [-0.2, 0) is 4.79 Å². The summed E-state index contributed by atoms with van der Waals surface area (Å²) in [5.41, 5.74) is 6.43. The number of aliphatic carboxylic acids is 1. The number of rotatable bonds is 5. The Morgan fingerprint density at radius 3 is 3.00 bits per heavy atom. The van der Waals surface area contributed by atoms with E-state index in [0.29, 0.717) is 11.4 Å². The summed E-state index contributed by atoms with van der Waals surface area (Å²) in [5.74, 6) is 0.349. The molecule has 0 aliphatic heterocycles. The van der Waals surface area contributed by atoms with E-state index in [1.54, 1.807) is 25.3 Å². The van der Waals surface area contributed by atoms with Crippen LogP contribution >= 0.6 is 11.8 Å². The molecule has 0 aliphatic carbocycles. The van der Waals surface area contributed by atoms with Crippen molar-refractivity contribution in [2.45, 2.75) is 4.90 Å². The molecule has 0 aromatic heterocycles. The maximum atomic E-state index is 10.2. The third-order valence-electron chi connectivity index (χ3n) is 1.82. The normalized spacial score (nSPS) is 10.6. The van der Waals surface area contributed by atoms with Crippen molar-refractivity contribution in [3.05, 3.63) is 30.4 Å². The second-order valence-electron chi connectivity index (χ2n) is 2.96. The van der Waals surface area contributed by atoms with E-state index in [4.69, 9.17) is 15.6 Å². The highest BCUT2D eigenvalue weighted by atomic mass is 32.2. The smallest absolute Gasteiger partial charge is 0.328 e. The van der Waals surface area contributed by atoms with Gasteiger partial charge in [0.15, 0.2) is 0 Å². The standard InChI is InChI=1S/C11H13NO3S/c1-15-8-4-5-9(12)10(7-8)16-6-2-3-11(13)14/h2-5,7H,6,12H2,1H3,(H,13,14)/b3-2+. The molecule has 0 spiro atoms. The molecule has 3 N–H and O–H groups in total. The van der Waals surface area contributed by atoms with Gasteiger partial charge in [0, 0.05) is 22.4 Å². The van der Waals surface area contributed by atoms with Gasteiger partial charge in [0.1, 0.15) is 5.75 Å². The van der Waals surface area contributed by atoms with Crippen molar-refractivity contribution < 1.29 is 14.6 Å². The zero-order chi connectivity index (χ0) is 12.0. The molecule has 0 heterocycles. The fourth-order valence-corrected chi connectivity index (χ4v) is 1.86. The van der Waals surface area contributed by atoms with E-state index in [9.17, 15) is 4.79 Å². The molecule has 0 bridgehead atoms. The number of methoxy groups -OCH3 is 1. The number of anilines is 1. The van der Waals surface area contributed by atoms with Crippen LogP contribution in [0, 0.1) is 0 Å². The molecule has 0 atom stereocenters. The van der Waals surface area contributed by atoms with Crippen LogP contribution in [0.4, 0.5) is 5.69 Å². The third kappa shape index (κ3) is 3.86. The molecular weight excluding hydrogens is 226 g/mol. The second kappa shape index (κ2) is 6.07. The Labute approximate surface area is 98.1 Å². The van der Waals surface area contributed by atoms with E-state index in [-0.39, 0.29) is 0 Å². The predicted octanol–water partition coefficient (Wildman–Crippen LogP) is 2.01. The minimum atomic E-state index is -0.945. The first-order valence-corrected chi connectivity index (χ1v) is 5.58. The summed E-state index contributed by atoms with van der Waals surface area (Å²) in [6.45, 7) is 0. The molecule has 0 amide bonds. The number of carboxylic acid groups (broad SMARTS) is 1. The topological polar surface area (TPSA) is 72.5 Å². The number of ether oxygens (including phenoxy) is 1. The average Bonchev–Trinajstić information content (AvgIpc) is 2.26. The first kappa shape index (κ1) is 12.4. The van der Waals surface area contributed by atoms with Crippen LogP contribution in [0.1, 0.15) is 0 Å². The number of carbonyl (C=O) groups is 1. The molecule has 5 heteroatoms. The zero-order valence-corrected chi connectivity index (χ0v) is 9.66.